The van der Waals surface area contributed by atoms with E-state index in [9.17, 15) is 9.90 Å². The molecule has 1 aliphatic heterocycles. The van der Waals surface area contributed by atoms with Crippen LogP contribution < -0.4 is 5.73 Å². The number of carbonyl (C=O) groups excluding carboxylic acids is 1. The standard InChI is InChI=1S/C20H30N4O2/c1-15(2)24-9-8-22(13-17(24)7-10-25)11-16-12-23(14-20(21)26)19-6-4-3-5-18(16)19/h3-6,12,15,17,25H,7-11,13-14H2,1-2H3,(H2,21,26). The highest BCUT2D eigenvalue weighted by atomic mass is 16.3. The quantitative estimate of drug-likeness (QED) is 0.785. The number of aliphatic hydroxyl groups is 1. The molecule has 142 valence electrons. The first-order chi connectivity index (χ1) is 12.5. The van der Waals surface area contributed by atoms with Crippen LogP contribution in [-0.2, 0) is 17.9 Å². The van der Waals surface area contributed by atoms with Crippen LogP contribution in [0.25, 0.3) is 10.9 Å². The molecular weight excluding hydrogens is 328 g/mol. The first-order valence-electron chi connectivity index (χ1n) is 9.43. The van der Waals surface area contributed by atoms with Crippen LogP contribution in [0.3, 0.4) is 0 Å². The molecule has 1 aliphatic rings. The van der Waals surface area contributed by atoms with Gasteiger partial charge in [0.15, 0.2) is 0 Å². The number of benzene rings is 1. The van der Waals surface area contributed by atoms with Gasteiger partial charge >= 0.3 is 0 Å². The summed E-state index contributed by atoms with van der Waals surface area (Å²) in [5.41, 5.74) is 7.68. The molecule has 1 aromatic carbocycles. The lowest BCUT2D eigenvalue weighted by atomic mass is 10.1. The number of hydrogen-bond acceptors (Lipinski definition) is 4. The van der Waals surface area contributed by atoms with Gasteiger partial charge in [-0.2, -0.15) is 0 Å². The Balaban J connectivity index is 1.79. The molecule has 0 bridgehead atoms. The molecule has 0 saturated carbocycles. The zero-order valence-electron chi connectivity index (χ0n) is 15.8. The maximum absolute atomic E-state index is 11.4. The lowest BCUT2D eigenvalue weighted by molar-refractivity contribution is -0.118. The van der Waals surface area contributed by atoms with Crippen LogP contribution in [0, 0.1) is 0 Å². The highest BCUT2D eigenvalue weighted by molar-refractivity contribution is 5.85. The molecule has 1 amide bonds. The summed E-state index contributed by atoms with van der Waals surface area (Å²) < 4.78 is 1.95. The second kappa shape index (κ2) is 8.20. The van der Waals surface area contributed by atoms with E-state index in [1.165, 1.54) is 10.9 Å². The van der Waals surface area contributed by atoms with Gasteiger partial charge in [-0.15, -0.1) is 0 Å². The highest BCUT2D eigenvalue weighted by Gasteiger charge is 2.28. The van der Waals surface area contributed by atoms with Crippen molar-refractivity contribution < 1.29 is 9.90 Å². The third-order valence-corrected chi connectivity index (χ3v) is 5.33. The van der Waals surface area contributed by atoms with Crippen molar-refractivity contribution in [1.29, 1.82) is 0 Å². The van der Waals surface area contributed by atoms with Crippen LogP contribution in [0.1, 0.15) is 25.8 Å². The number of carbonyl (C=O) groups is 1. The first-order valence-corrected chi connectivity index (χ1v) is 9.43. The predicted octanol–water partition coefficient (Wildman–Crippen LogP) is 1.40. The molecule has 1 atom stereocenters. The van der Waals surface area contributed by atoms with Crippen molar-refractivity contribution in [2.24, 2.45) is 5.73 Å². The zero-order valence-corrected chi connectivity index (χ0v) is 15.8. The van der Waals surface area contributed by atoms with Gasteiger partial charge in [0.05, 0.1) is 0 Å². The maximum Gasteiger partial charge on any atom is 0.237 e. The summed E-state index contributed by atoms with van der Waals surface area (Å²) in [7, 11) is 0. The normalized spacial score (nSPS) is 19.5. The third kappa shape index (κ3) is 4.09. The number of primary amides is 1. The van der Waals surface area contributed by atoms with Gasteiger partial charge in [-0.25, -0.2) is 0 Å². The lowest BCUT2D eigenvalue weighted by Crippen LogP contribution is -2.55. The molecule has 2 heterocycles. The molecule has 6 nitrogen and oxygen atoms in total. The number of amides is 1. The minimum Gasteiger partial charge on any atom is -0.396 e. The summed E-state index contributed by atoms with van der Waals surface area (Å²) in [4.78, 5) is 16.3. The van der Waals surface area contributed by atoms with Crippen LogP contribution in [-0.4, -0.2) is 63.7 Å². The number of piperazine rings is 1. The van der Waals surface area contributed by atoms with Crippen molar-refractivity contribution in [2.75, 3.05) is 26.2 Å². The molecule has 26 heavy (non-hydrogen) atoms. The average Bonchev–Trinajstić information content (AvgIpc) is 2.92. The number of nitrogens with zero attached hydrogens (tertiary/aromatic N) is 3. The number of para-hydroxylation sites is 1. The Morgan fingerprint density at radius 2 is 2.08 bits per heavy atom. The average molecular weight is 358 g/mol. The van der Waals surface area contributed by atoms with Crippen molar-refractivity contribution in [3.8, 4) is 0 Å². The number of rotatable bonds is 7. The van der Waals surface area contributed by atoms with Crippen molar-refractivity contribution in [3.63, 3.8) is 0 Å². The Bertz CT molecular complexity index is 755. The van der Waals surface area contributed by atoms with E-state index in [1.54, 1.807) is 0 Å². The van der Waals surface area contributed by atoms with Gasteiger partial charge in [0.25, 0.3) is 0 Å². The molecule has 0 spiro atoms. The van der Waals surface area contributed by atoms with E-state index in [-0.39, 0.29) is 19.1 Å². The molecule has 1 unspecified atom stereocenters. The van der Waals surface area contributed by atoms with E-state index in [1.807, 2.05) is 22.8 Å². The van der Waals surface area contributed by atoms with Gasteiger partial charge in [0.2, 0.25) is 5.91 Å². The van der Waals surface area contributed by atoms with Crippen molar-refractivity contribution in [3.05, 3.63) is 36.0 Å². The van der Waals surface area contributed by atoms with E-state index < -0.39 is 0 Å². The van der Waals surface area contributed by atoms with E-state index in [0.29, 0.717) is 12.1 Å². The summed E-state index contributed by atoms with van der Waals surface area (Å²) in [6.07, 6.45) is 2.86. The summed E-state index contributed by atoms with van der Waals surface area (Å²) in [5.74, 6) is -0.328. The monoisotopic (exact) mass is 358 g/mol. The second-order valence-corrected chi connectivity index (χ2v) is 7.50. The Morgan fingerprint density at radius 1 is 1.31 bits per heavy atom. The van der Waals surface area contributed by atoms with Gasteiger partial charge in [0.1, 0.15) is 6.54 Å². The van der Waals surface area contributed by atoms with Gasteiger partial charge < -0.3 is 15.4 Å². The largest absolute Gasteiger partial charge is 0.396 e. The first kappa shape index (κ1) is 18.9. The van der Waals surface area contributed by atoms with Crippen molar-refractivity contribution >= 4 is 16.8 Å². The van der Waals surface area contributed by atoms with Crippen LogP contribution in [0.5, 0.6) is 0 Å². The van der Waals surface area contributed by atoms with Crippen molar-refractivity contribution in [2.45, 2.75) is 45.4 Å². The second-order valence-electron chi connectivity index (χ2n) is 7.50. The van der Waals surface area contributed by atoms with E-state index in [2.05, 4.69) is 35.9 Å². The fourth-order valence-corrected chi connectivity index (χ4v) is 4.15. The smallest absolute Gasteiger partial charge is 0.237 e. The lowest BCUT2D eigenvalue weighted by Gasteiger charge is -2.43. The Hall–Kier alpha value is -1.89. The molecule has 0 aliphatic carbocycles. The Labute approximate surface area is 155 Å². The molecule has 1 aromatic heterocycles. The van der Waals surface area contributed by atoms with Crippen LogP contribution in [0.4, 0.5) is 0 Å². The molecule has 3 N–H and O–H groups in total. The number of aromatic nitrogens is 1. The van der Waals surface area contributed by atoms with Crippen LogP contribution in [0.2, 0.25) is 0 Å². The summed E-state index contributed by atoms with van der Waals surface area (Å²) >= 11 is 0. The molecular formula is C20H30N4O2. The summed E-state index contributed by atoms with van der Waals surface area (Å²) in [5, 5.41) is 10.6. The minimum atomic E-state index is -0.328. The number of aliphatic hydroxyl groups excluding tert-OH is 1. The Kier molecular flexibility index (Phi) is 5.96. The predicted molar refractivity (Wildman–Crippen MR) is 104 cm³/mol. The summed E-state index contributed by atoms with van der Waals surface area (Å²) in [6.45, 7) is 8.69. The number of fused-ring (bicyclic) bond motifs is 1. The van der Waals surface area contributed by atoms with Crippen LogP contribution in [0.15, 0.2) is 30.5 Å². The zero-order chi connectivity index (χ0) is 18.7. The molecule has 6 heteroatoms. The van der Waals surface area contributed by atoms with E-state index in [4.69, 9.17) is 5.73 Å². The molecule has 1 saturated heterocycles. The Morgan fingerprint density at radius 3 is 2.77 bits per heavy atom. The molecule has 0 radical (unpaired) electrons. The van der Waals surface area contributed by atoms with Crippen molar-refractivity contribution in [1.82, 2.24) is 14.4 Å². The van der Waals surface area contributed by atoms with E-state index >= 15 is 0 Å². The molecule has 2 aromatic rings. The van der Waals surface area contributed by atoms with Gasteiger partial charge in [-0.05, 0) is 31.9 Å². The van der Waals surface area contributed by atoms with E-state index in [0.717, 1.165) is 38.1 Å². The van der Waals surface area contributed by atoms with Gasteiger partial charge in [-0.3, -0.25) is 14.6 Å². The SMILES string of the molecule is CC(C)N1CCN(Cc2cn(CC(N)=O)c3ccccc23)CC1CCO. The minimum absolute atomic E-state index is 0.203. The molecule has 3 rings (SSSR count). The fraction of sp³-hybridized carbons (Fsp3) is 0.550. The topological polar surface area (TPSA) is 74.7 Å². The summed E-state index contributed by atoms with van der Waals surface area (Å²) in [6, 6.07) is 9.04. The fourth-order valence-electron chi connectivity index (χ4n) is 4.15. The molecule has 1 fully saturated rings. The maximum atomic E-state index is 11.4. The van der Waals surface area contributed by atoms with Gasteiger partial charge in [0, 0.05) is 62.0 Å². The number of nitrogens with two attached hydrogens (primary N) is 1. The highest BCUT2D eigenvalue weighted by Crippen LogP contribution is 2.24. The van der Waals surface area contributed by atoms with Gasteiger partial charge in [-0.1, -0.05) is 18.2 Å². The van der Waals surface area contributed by atoms with Crippen LogP contribution >= 0.6 is 0 Å². The third-order valence-electron chi connectivity index (χ3n) is 5.33. The number of hydrogen-bond donors (Lipinski definition) is 2.